The first-order chi connectivity index (χ1) is 29.1. The maximum absolute atomic E-state index is 12.8. The van der Waals surface area contributed by atoms with Gasteiger partial charge in [0.25, 0.3) is 0 Å². The van der Waals surface area contributed by atoms with Crippen LogP contribution in [0.3, 0.4) is 0 Å². The Morgan fingerprint density at radius 2 is 0.583 bits per heavy atom. The summed E-state index contributed by atoms with van der Waals surface area (Å²) in [5.74, 6) is 1.63. The largest absolute Gasteiger partial charge is 0.462 e. The predicted molar refractivity (Wildman–Crippen MR) is 256 cm³/mol. The van der Waals surface area contributed by atoms with Gasteiger partial charge in [0, 0.05) is 19.3 Å². The molecule has 6 nitrogen and oxygen atoms in total. The number of carbonyl (C=O) groups is 3. The van der Waals surface area contributed by atoms with Gasteiger partial charge in [0.05, 0.1) is 0 Å². The Morgan fingerprint density at radius 3 is 0.867 bits per heavy atom. The highest BCUT2D eigenvalue weighted by Crippen LogP contribution is 2.18. The van der Waals surface area contributed by atoms with Crippen molar-refractivity contribution < 1.29 is 28.6 Å². The van der Waals surface area contributed by atoms with Crippen LogP contribution in [0.1, 0.15) is 292 Å². The van der Waals surface area contributed by atoms with Gasteiger partial charge in [-0.15, -0.1) is 0 Å². The van der Waals surface area contributed by atoms with Crippen molar-refractivity contribution in [2.24, 2.45) is 17.8 Å². The van der Waals surface area contributed by atoms with E-state index in [9.17, 15) is 14.4 Å². The summed E-state index contributed by atoms with van der Waals surface area (Å²) in [7, 11) is 0. The van der Waals surface area contributed by atoms with Crippen molar-refractivity contribution >= 4 is 17.9 Å². The van der Waals surface area contributed by atoms with E-state index in [1.165, 1.54) is 173 Å². The Kier molecular flexibility index (Phi) is 44.2. The summed E-state index contributed by atoms with van der Waals surface area (Å²) < 4.78 is 16.8. The van der Waals surface area contributed by atoms with Gasteiger partial charge in [-0.2, -0.15) is 0 Å². The molecule has 0 bridgehead atoms. The third-order valence-corrected chi connectivity index (χ3v) is 12.5. The monoisotopic (exact) mass is 849 g/mol. The molecule has 1 unspecified atom stereocenters. The van der Waals surface area contributed by atoms with Crippen LogP contribution in [0.4, 0.5) is 0 Å². The highest BCUT2D eigenvalue weighted by molar-refractivity contribution is 5.71. The summed E-state index contributed by atoms with van der Waals surface area (Å²) in [5.41, 5.74) is 0. The molecule has 0 aromatic rings. The maximum Gasteiger partial charge on any atom is 0.306 e. The molecular weight excluding hydrogens is 745 g/mol. The highest BCUT2D eigenvalue weighted by Gasteiger charge is 2.19. The van der Waals surface area contributed by atoms with E-state index in [0.29, 0.717) is 19.3 Å². The van der Waals surface area contributed by atoms with Crippen LogP contribution in [-0.2, 0) is 28.6 Å². The fraction of sp³-hybridized carbons (Fsp3) is 0.944. The van der Waals surface area contributed by atoms with Crippen LogP contribution in [0.25, 0.3) is 0 Å². The number of rotatable bonds is 47. The van der Waals surface area contributed by atoms with E-state index in [0.717, 1.165) is 75.5 Å². The van der Waals surface area contributed by atoms with E-state index in [2.05, 4.69) is 41.5 Å². The maximum atomic E-state index is 12.8. The average molecular weight is 849 g/mol. The number of hydrogen-bond acceptors (Lipinski definition) is 6. The van der Waals surface area contributed by atoms with E-state index in [4.69, 9.17) is 14.2 Å². The van der Waals surface area contributed by atoms with Crippen molar-refractivity contribution in [3.8, 4) is 0 Å². The molecule has 0 aliphatic carbocycles. The second-order valence-electron chi connectivity index (χ2n) is 19.7. The number of hydrogen-bond donors (Lipinski definition) is 0. The topological polar surface area (TPSA) is 78.9 Å². The molecule has 6 heteroatoms. The first kappa shape index (κ1) is 58.4. The Labute approximate surface area is 374 Å². The minimum Gasteiger partial charge on any atom is -0.462 e. The molecule has 0 heterocycles. The van der Waals surface area contributed by atoms with Crippen LogP contribution in [0.5, 0.6) is 0 Å². The summed E-state index contributed by atoms with van der Waals surface area (Å²) in [6.45, 7) is 13.7. The minimum atomic E-state index is -0.763. The lowest BCUT2D eigenvalue weighted by molar-refractivity contribution is -0.167. The Morgan fingerprint density at radius 1 is 0.333 bits per heavy atom. The third kappa shape index (κ3) is 45.9. The van der Waals surface area contributed by atoms with Gasteiger partial charge in [0.2, 0.25) is 0 Å². The summed E-state index contributed by atoms with van der Waals surface area (Å²) in [6, 6.07) is 0. The molecule has 0 amide bonds. The zero-order chi connectivity index (χ0) is 44.2. The van der Waals surface area contributed by atoms with Gasteiger partial charge in [-0.25, -0.2) is 0 Å². The highest BCUT2D eigenvalue weighted by atomic mass is 16.6. The molecule has 0 fully saturated rings. The molecule has 0 saturated heterocycles. The van der Waals surface area contributed by atoms with Gasteiger partial charge in [-0.05, 0) is 37.0 Å². The summed E-state index contributed by atoms with van der Waals surface area (Å²) in [5, 5.41) is 0. The van der Waals surface area contributed by atoms with Gasteiger partial charge in [0.1, 0.15) is 13.2 Å². The van der Waals surface area contributed by atoms with Crippen LogP contribution in [0, 0.1) is 17.8 Å². The van der Waals surface area contributed by atoms with E-state index in [1.54, 1.807) is 0 Å². The second kappa shape index (κ2) is 45.4. The fourth-order valence-electron chi connectivity index (χ4n) is 8.08. The zero-order valence-corrected chi connectivity index (χ0v) is 41.3. The molecule has 0 aliphatic heterocycles. The van der Waals surface area contributed by atoms with Gasteiger partial charge in [-0.3, -0.25) is 14.4 Å². The van der Waals surface area contributed by atoms with Crippen molar-refractivity contribution in [3.05, 3.63) is 0 Å². The van der Waals surface area contributed by atoms with Crippen molar-refractivity contribution in [1.82, 2.24) is 0 Å². The van der Waals surface area contributed by atoms with E-state index in [-0.39, 0.29) is 31.1 Å². The van der Waals surface area contributed by atoms with Crippen LogP contribution < -0.4 is 0 Å². The number of esters is 3. The van der Waals surface area contributed by atoms with Gasteiger partial charge in [-0.1, -0.05) is 253 Å². The lowest BCUT2D eigenvalue weighted by Crippen LogP contribution is -2.30. The third-order valence-electron chi connectivity index (χ3n) is 12.5. The molecule has 0 spiro atoms. The predicted octanol–water partition coefficient (Wildman–Crippen LogP) is 17.2. The molecule has 0 aliphatic rings. The molecule has 0 aromatic heterocycles. The number of unbranched alkanes of at least 4 members (excludes halogenated alkanes) is 29. The lowest BCUT2D eigenvalue weighted by Gasteiger charge is -2.18. The molecule has 0 radical (unpaired) electrons. The zero-order valence-electron chi connectivity index (χ0n) is 41.3. The van der Waals surface area contributed by atoms with Gasteiger partial charge >= 0.3 is 17.9 Å². The Balaban J connectivity index is 4.27. The van der Waals surface area contributed by atoms with E-state index >= 15 is 0 Å². The Hall–Kier alpha value is -1.59. The normalized spacial score (nSPS) is 12.6. The first-order valence-corrected chi connectivity index (χ1v) is 26.6. The van der Waals surface area contributed by atoms with Crippen LogP contribution >= 0.6 is 0 Å². The number of carbonyl (C=O) groups excluding carboxylic acids is 3. The average Bonchev–Trinajstić information content (AvgIpc) is 3.22. The Bertz CT molecular complexity index is 931. The molecule has 60 heavy (non-hydrogen) atoms. The smallest absolute Gasteiger partial charge is 0.306 e. The van der Waals surface area contributed by atoms with Crippen molar-refractivity contribution in [2.75, 3.05) is 13.2 Å². The molecular formula is C54H104O6. The summed E-state index contributed by atoms with van der Waals surface area (Å²) in [4.78, 5) is 37.9. The molecule has 0 N–H and O–H groups in total. The van der Waals surface area contributed by atoms with E-state index < -0.39 is 6.10 Å². The van der Waals surface area contributed by atoms with Crippen LogP contribution in [0.15, 0.2) is 0 Å². The van der Waals surface area contributed by atoms with Crippen molar-refractivity contribution in [1.29, 1.82) is 0 Å². The van der Waals surface area contributed by atoms with Gasteiger partial charge < -0.3 is 14.2 Å². The quantitative estimate of drug-likeness (QED) is 0.0345. The van der Waals surface area contributed by atoms with Crippen LogP contribution in [-0.4, -0.2) is 37.2 Å². The van der Waals surface area contributed by atoms with E-state index in [1.807, 2.05) is 0 Å². The van der Waals surface area contributed by atoms with Crippen molar-refractivity contribution in [3.63, 3.8) is 0 Å². The SMILES string of the molecule is CCC(C)CCCCCCCCC(=O)OC[C@@H](COC(=O)CCCCCCCCCCCCC(C)C)OC(=O)CCCCCCCCCCCCCCCCCCC(C)C. The molecule has 2 atom stereocenters. The molecule has 0 aromatic carbocycles. The second-order valence-corrected chi connectivity index (χ2v) is 19.7. The van der Waals surface area contributed by atoms with Crippen molar-refractivity contribution in [2.45, 2.75) is 298 Å². The fourth-order valence-corrected chi connectivity index (χ4v) is 8.08. The molecule has 356 valence electrons. The molecule has 0 saturated carbocycles. The van der Waals surface area contributed by atoms with Gasteiger partial charge in [0.15, 0.2) is 6.10 Å². The standard InChI is InChI=1S/C54H104O6/c1-7-50(6)42-36-30-26-27-32-38-44-53(56)59-47-51(46-58-52(55)43-37-31-24-20-17-16-19-23-29-35-41-49(4)5)60-54(57)45-39-33-25-21-15-13-11-9-8-10-12-14-18-22-28-34-40-48(2)3/h48-51H,7-47H2,1-6H3/t50?,51-/m1/s1. The minimum absolute atomic E-state index is 0.0652. The summed E-state index contributed by atoms with van der Waals surface area (Å²) in [6.07, 6.45) is 45.2. The van der Waals surface area contributed by atoms with Crippen LogP contribution in [0.2, 0.25) is 0 Å². The molecule has 0 rings (SSSR count). The summed E-state index contributed by atoms with van der Waals surface area (Å²) >= 11 is 0. The first-order valence-electron chi connectivity index (χ1n) is 26.6. The number of ether oxygens (including phenoxy) is 3. The lowest BCUT2D eigenvalue weighted by atomic mass is 10.00.